The predicted molar refractivity (Wildman–Crippen MR) is 79.8 cm³/mol. The number of rotatable bonds is 6. The molecule has 0 bridgehead atoms. The average Bonchev–Trinajstić information content (AvgIpc) is 3.22. The molecule has 1 aromatic carbocycles. The molecular formula is C15H22N2O2S. The van der Waals surface area contributed by atoms with Crippen molar-refractivity contribution in [3.63, 3.8) is 0 Å². The molecule has 20 heavy (non-hydrogen) atoms. The number of nitrogens with two attached hydrogens (primary N) is 1. The Kier molecular flexibility index (Phi) is 3.50. The van der Waals surface area contributed by atoms with Gasteiger partial charge in [-0.15, -0.1) is 0 Å². The number of hydrogen-bond donors (Lipinski definition) is 1. The molecule has 0 aliphatic heterocycles. The second kappa shape index (κ2) is 5.04. The maximum absolute atomic E-state index is 12.9. The molecule has 2 fully saturated rings. The molecule has 0 heterocycles. The molecule has 3 rings (SSSR count). The van der Waals surface area contributed by atoms with E-state index in [4.69, 9.17) is 5.73 Å². The van der Waals surface area contributed by atoms with Gasteiger partial charge in [0.2, 0.25) is 10.0 Å². The Bertz CT molecular complexity index is 590. The normalized spacial score (nSPS) is 19.5. The van der Waals surface area contributed by atoms with E-state index < -0.39 is 10.0 Å². The molecule has 4 nitrogen and oxygen atoms in total. The molecule has 0 spiro atoms. The molecule has 0 atom stereocenters. The van der Waals surface area contributed by atoms with Crippen LogP contribution in [0.1, 0.15) is 31.2 Å². The van der Waals surface area contributed by atoms with Crippen LogP contribution in [0.4, 0.5) is 5.69 Å². The third-order valence-electron chi connectivity index (χ3n) is 4.13. The lowest BCUT2D eigenvalue weighted by Gasteiger charge is -2.23. The summed E-state index contributed by atoms with van der Waals surface area (Å²) in [7, 11) is -3.38. The SMILES string of the molecule is Cc1cc(N)ccc1S(=O)(=O)N(CC1CC1)CC1CC1. The highest BCUT2D eigenvalue weighted by molar-refractivity contribution is 7.89. The third-order valence-corrected chi connectivity index (χ3v) is 6.13. The topological polar surface area (TPSA) is 63.4 Å². The van der Waals surface area contributed by atoms with Crippen molar-refractivity contribution in [1.29, 1.82) is 0 Å². The maximum atomic E-state index is 12.9. The Morgan fingerprint density at radius 1 is 1.15 bits per heavy atom. The predicted octanol–water partition coefficient (Wildman–Crippen LogP) is 2.39. The van der Waals surface area contributed by atoms with Crippen molar-refractivity contribution in [3.05, 3.63) is 23.8 Å². The summed E-state index contributed by atoms with van der Waals surface area (Å²) in [6, 6.07) is 5.05. The van der Waals surface area contributed by atoms with E-state index in [1.807, 2.05) is 6.92 Å². The van der Waals surface area contributed by atoms with Crippen molar-refractivity contribution < 1.29 is 8.42 Å². The van der Waals surface area contributed by atoms with Crippen molar-refractivity contribution in [3.8, 4) is 0 Å². The number of hydrogen-bond acceptors (Lipinski definition) is 3. The minimum Gasteiger partial charge on any atom is -0.399 e. The Labute approximate surface area is 121 Å². The lowest BCUT2D eigenvalue weighted by atomic mass is 10.2. The second-order valence-electron chi connectivity index (χ2n) is 6.23. The average molecular weight is 294 g/mol. The van der Waals surface area contributed by atoms with Gasteiger partial charge in [0.05, 0.1) is 4.90 Å². The number of aryl methyl sites for hydroxylation is 1. The van der Waals surface area contributed by atoms with Crippen LogP contribution in [-0.4, -0.2) is 25.8 Å². The molecule has 2 aliphatic carbocycles. The molecule has 2 N–H and O–H groups in total. The van der Waals surface area contributed by atoms with Crippen LogP contribution in [0.15, 0.2) is 23.1 Å². The highest BCUT2D eigenvalue weighted by atomic mass is 32.2. The zero-order valence-corrected chi connectivity index (χ0v) is 12.7. The van der Waals surface area contributed by atoms with E-state index in [0.717, 1.165) is 31.2 Å². The van der Waals surface area contributed by atoms with Gasteiger partial charge in [0.1, 0.15) is 0 Å². The quantitative estimate of drug-likeness (QED) is 0.819. The number of anilines is 1. The molecule has 5 heteroatoms. The summed E-state index contributed by atoms with van der Waals surface area (Å²) in [4.78, 5) is 0.410. The second-order valence-corrected chi connectivity index (χ2v) is 8.14. The van der Waals surface area contributed by atoms with Gasteiger partial charge < -0.3 is 5.73 Å². The minimum atomic E-state index is -3.38. The van der Waals surface area contributed by atoms with Gasteiger partial charge in [-0.2, -0.15) is 4.31 Å². The van der Waals surface area contributed by atoms with Crippen molar-refractivity contribution in [1.82, 2.24) is 4.31 Å². The molecular weight excluding hydrogens is 272 g/mol. The van der Waals surface area contributed by atoms with Gasteiger partial charge in [0, 0.05) is 18.8 Å². The summed E-state index contributed by atoms with van der Waals surface area (Å²) < 4.78 is 27.5. The van der Waals surface area contributed by atoms with E-state index in [1.165, 1.54) is 0 Å². The highest BCUT2D eigenvalue weighted by Gasteiger charge is 2.36. The first-order chi connectivity index (χ1) is 9.46. The zero-order valence-electron chi connectivity index (χ0n) is 11.9. The largest absolute Gasteiger partial charge is 0.399 e. The van der Waals surface area contributed by atoms with Gasteiger partial charge in [-0.3, -0.25) is 0 Å². The summed E-state index contributed by atoms with van der Waals surface area (Å²) >= 11 is 0. The molecule has 0 saturated heterocycles. The number of nitrogen functional groups attached to an aromatic ring is 1. The summed E-state index contributed by atoms with van der Waals surface area (Å²) in [5.74, 6) is 1.13. The summed E-state index contributed by atoms with van der Waals surface area (Å²) in [5.41, 5.74) is 7.07. The van der Waals surface area contributed by atoms with Crippen LogP contribution in [0.3, 0.4) is 0 Å². The lowest BCUT2D eigenvalue weighted by molar-refractivity contribution is 0.382. The van der Waals surface area contributed by atoms with Crippen LogP contribution in [0.25, 0.3) is 0 Å². The smallest absolute Gasteiger partial charge is 0.243 e. The summed E-state index contributed by atoms with van der Waals surface area (Å²) in [5, 5.41) is 0. The molecule has 2 saturated carbocycles. The molecule has 0 aromatic heterocycles. The van der Waals surface area contributed by atoms with Crippen LogP contribution >= 0.6 is 0 Å². The first kappa shape index (κ1) is 13.9. The maximum Gasteiger partial charge on any atom is 0.243 e. The van der Waals surface area contributed by atoms with Gasteiger partial charge in [0.25, 0.3) is 0 Å². The van der Waals surface area contributed by atoms with Gasteiger partial charge in [-0.25, -0.2) is 8.42 Å². The first-order valence-electron chi connectivity index (χ1n) is 7.33. The van der Waals surface area contributed by atoms with Crippen LogP contribution in [-0.2, 0) is 10.0 Å². The van der Waals surface area contributed by atoms with Crippen LogP contribution in [0, 0.1) is 18.8 Å². The van der Waals surface area contributed by atoms with Crippen LogP contribution in [0.5, 0.6) is 0 Å². The van der Waals surface area contributed by atoms with Crippen molar-refractivity contribution in [2.75, 3.05) is 18.8 Å². The van der Waals surface area contributed by atoms with Crippen molar-refractivity contribution in [2.45, 2.75) is 37.5 Å². The Morgan fingerprint density at radius 3 is 2.15 bits per heavy atom. The minimum absolute atomic E-state index is 0.410. The third kappa shape index (κ3) is 2.99. The number of sulfonamides is 1. The number of nitrogens with zero attached hydrogens (tertiary/aromatic N) is 1. The van der Waals surface area contributed by atoms with Gasteiger partial charge in [-0.1, -0.05) is 0 Å². The Balaban J connectivity index is 1.89. The molecule has 0 unspecified atom stereocenters. The van der Waals surface area contributed by atoms with E-state index >= 15 is 0 Å². The van der Waals surface area contributed by atoms with E-state index in [0.29, 0.717) is 35.5 Å². The highest BCUT2D eigenvalue weighted by Crippen LogP contribution is 2.36. The van der Waals surface area contributed by atoms with Crippen molar-refractivity contribution in [2.24, 2.45) is 11.8 Å². The zero-order chi connectivity index (χ0) is 14.3. The van der Waals surface area contributed by atoms with E-state index in [9.17, 15) is 8.42 Å². The number of benzene rings is 1. The van der Waals surface area contributed by atoms with Gasteiger partial charge in [-0.05, 0) is 68.2 Å². The fourth-order valence-corrected chi connectivity index (χ4v) is 4.35. The van der Waals surface area contributed by atoms with Crippen LogP contribution < -0.4 is 5.73 Å². The van der Waals surface area contributed by atoms with E-state index in [1.54, 1.807) is 22.5 Å². The fraction of sp³-hybridized carbons (Fsp3) is 0.600. The van der Waals surface area contributed by atoms with Crippen LogP contribution in [0.2, 0.25) is 0 Å². The molecule has 0 radical (unpaired) electrons. The van der Waals surface area contributed by atoms with E-state index in [-0.39, 0.29) is 0 Å². The fourth-order valence-electron chi connectivity index (χ4n) is 2.55. The monoisotopic (exact) mass is 294 g/mol. The molecule has 1 aromatic rings. The Hall–Kier alpha value is -1.07. The van der Waals surface area contributed by atoms with Crippen molar-refractivity contribution >= 4 is 15.7 Å². The standard InChI is InChI=1S/C15H22N2O2S/c1-11-8-14(16)6-7-15(11)20(18,19)17(9-12-2-3-12)10-13-4-5-13/h6-8,12-13H,2-5,9-10,16H2,1H3. The van der Waals surface area contributed by atoms with Gasteiger partial charge >= 0.3 is 0 Å². The summed E-state index contributed by atoms with van der Waals surface area (Å²) in [6.45, 7) is 3.18. The lowest BCUT2D eigenvalue weighted by Crippen LogP contribution is -2.35. The summed E-state index contributed by atoms with van der Waals surface area (Å²) in [6.07, 6.45) is 4.66. The van der Waals surface area contributed by atoms with E-state index in [2.05, 4.69) is 0 Å². The molecule has 0 amide bonds. The van der Waals surface area contributed by atoms with Gasteiger partial charge in [0.15, 0.2) is 0 Å². The first-order valence-corrected chi connectivity index (χ1v) is 8.77. The Morgan fingerprint density at radius 2 is 1.70 bits per heavy atom. The molecule has 110 valence electrons. The molecule has 2 aliphatic rings.